The number of hydrogen-bond acceptors (Lipinski definition) is 3. The van der Waals surface area contributed by atoms with Crippen LogP contribution < -0.4 is 14.8 Å². The summed E-state index contributed by atoms with van der Waals surface area (Å²) >= 11 is 0. The Morgan fingerprint density at radius 3 is 2.56 bits per heavy atom. The fourth-order valence-corrected chi connectivity index (χ4v) is 1.53. The number of rotatable bonds is 7. The highest BCUT2D eigenvalue weighted by molar-refractivity contribution is 5.40. The van der Waals surface area contributed by atoms with Gasteiger partial charge in [0.05, 0.1) is 7.11 Å². The predicted molar refractivity (Wildman–Crippen MR) is 66.2 cm³/mol. The molecule has 102 valence electrons. The molecule has 0 aromatic heterocycles. The van der Waals surface area contributed by atoms with E-state index in [1.807, 2.05) is 0 Å². The largest absolute Gasteiger partial charge is 0.497 e. The molecule has 0 spiro atoms. The fraction of sp³-hybridized carbons (Fsp3) is 0.538. The number of methoxy groups -OCH3 is 1. The van der Waals surface area contributed by atoms with Gasteiger partial charge in [0.1, 0.15) is 11.5 Å². The Balaban J connectivity index is 2.76. The molecule has 3 nitrogen and oxygen atoms in total. The normalized spacial score (nSPS) is 11.1. The van der Waals surface area contributed by atoms with E-state index in [1.54, 1.807) is 12.1 Å². The lowest BCUT2D eigenvalue weighted by molar-refractivity contribution is -0.0505. The lowest BCUT2D eigenvalue weighted by Gasteiger charge is -2.13. The average molecular weight is 259 g/mol. The van der Waals surface area contributed by atoms with Gasteiger partial charge in [0.2, 0.25) is 0 Å². The molecule has 0 heterocycles. The molecule has 0 aliphatic rings. The van der Waals surface area contributed by atoms with E-state index in [-0.39, 0.29) is 5.75 Å². The minimum atomic E-state index is -2.82. The number of benzene rings is 1. The number of nitrogens with one attached hydrogen (secondary N) is 1. The second-order valence-electron chi connectivity index (χ2n) is 4.38. The van der Waals surface area contributed by atoms with Gasteiger partial charge < -0.3 is 14.8 Å². The SMILES string of the molecule is COc1ccc(OC(F)F)c(CNCC(C)C)c1. The molecule has 0 saturated carbocycles. The van der Waals surface area contributed by atoms with Gasteiger partial charge in [-0.1, -0.05) is 13.8 Å². The highest BCUT2D eigenvalue weighted by Gasteiger charge is 2.10. The van der Waals surface area contributed by atoms with Crippen LogP contribution in [0.4, 0.5) is 8.78 Å². The molecule has 1 aromatic carbocycles. The van der Waals surface area contributed by atoms with Crippen molar-refractivity contribution in [2.24, 2.45) is 5.92 Å². The fourth-order valence-electron chi connectivity index (χ4n) is 1.53. The van der Waals surface area contributed by atoms with Crippen LogP contribution in [0.2, 0.25) is 0 Å². The van der Waals surface area contributed by atoms with Crippen LogP contribution in [0.25, 0.3) is 0 Å². The molecule has 0 aliphatic carbocycles. The summed E-state index contributed by atoms with van der Waals surface area (Å²) in [6, 6.07) is 4.80. The van der Waals surface area contributed by atoms with Gasteiger partial charge in [-0.15, -0.1) is 0 Å². The van der Waals surface area contributed by atoms with Gasteiger partial charge in [-0.05, 0) is 30.7 Å². The van der Waals surface area contributed by atoms with Crippen LogP contribution in [0, 0.1) is 5.92 Å². The van der Waals surface area contributed by atoms with Crippen LogP contribution in [0.5, 0.6) is 11.5 Å². The highest BCUT2D eigenvalue weighted by atomic mass is 19.3. The van der Waals surface area contributed by atoms with Gasteiger partial charge in [0.25, 0.3) is 0 Å². The van der Waals surface area contributed by atoms with Crippen molar-refractivity contribution in [3.05, 3.63) is 23.8 Å². The predicted octanol–water partition coefficient (Wildman–Crippen LogP) is 3.04. The Labute approximate surface area is 106 Å². The van der Waals surface area contributed by atoms with E-state index in [0.29, 0.717) is 23.8 Å². The number of hydrogen-bond donors (Lipinski definition) is 1. The summed E-state index contributed by atoms with van der Waals surface area (Å²) in [4.78, 5) is 0. The van der Waals surface area contributed by atoms with Crippen molar-refractivity contribution in [2.75, 3.05) is 13.7 Å². The first kappa shape index (κ1) is 14.7. The van der Waals surface area contributed by atoms with E-state index in [0.717, 1.165) is 6.54 Å². The van der Waals surface area contributed by atoms with Crippen molar-refractivity contribution in [3.63, 3.8) is 0 Å². The molecule has 0 aliphatic heterocycles. The first-order chi connectivity index (χ1) is 8.52. The van der Waals surface area contributed by atoms with Gasteiger partial charge in [0.15, 0.2) is 0 Å². The zero-order chi connectivity index (χ0) is 13.5. The molecule has 0 bridgehead atoms. The van der Waals surface area contributed by atoms with Crippen LogP contribution in [-0.2, 0) is 6.54 Å². The van der Waals surface area contributed by atoms with Crippen molar-refractivity contribution < 1.29 is 18.3 Å². The van der Waals surface area contributed by atoms with Gasteiger partial charge >= 0.3 is 6.61 Å². The van der Waals surface area contributed by atoms with Crippen LogP contribution in [-0.4, -0.2) is 20.3 Å². The molecule has 0 unspecified atom stereocenters. The van der Waals surface area contributed by atoms with E-state index in [2.05, 4.69) is 23.9 Å². The van der Waals surface area contributed by atoms with Crippen LogP contribution in [0.3, 0.4) is 0 Å². The maximum atomic E-state index is 12.3. The summed E-state index contributed by atoms with van der Waals surface area (Å²) in [6.45, 7) is 2.62. The lowest BCUT2D eigenvalue weighted by Crippen LogP contribution is -2.19. The molecule has 0 atom stereocenters. The summed E-state index contributed by atoms with van der Waals surface area (Å²) in [6.07, 6.45) is 0. The summed E-state index contributed by atoms with van der Waals surface area (Å²) in [7, 11) is 1.54. The summed E-state index contributed by atoms with van der Waals surface area (Å²) in [5, 5.41) is 3.19. The third kappa shape index (κ3) is 4.87. The summed E-state index contributed by atoms with van der Waals surface area (Å²) in [5.41, 5.74) is 0.662. The second kappa shape index (κ2) is 7.16. The third-order valence-electron chi connectivity index (χ3n) is 2.35. The highest BCUT2D eigenvalue weighted by Crippen LogP contribution is 2.25. The number of halogens is 2. The summed E-state index contributed by atoms with van der Waals surface area (Å²) < 4.78 is 34.1. The molecule has 18 heavy (non-hydrogen) atoms. The zero-order valence-corrected chi connectivity index (χ0v) is 10.9. The quantitative estimate of drug-likeness (QED) is 0.816. The summed E-state index contributed by atoms with van der Waals surface area (Å²) in [5.74, 6) is 1.30. The maximum absolute atomic E-state index is 12.3. The van der Waals surface area contributed by atoms with Crippen molar-refractivity contribution >= 4 is 0 Å². The van der Waals surface area contributed by atoms with E-state index < -0.39 is 6.61 Å². The molecule has 5 heteroatoms. The minimum Gasteiger partial charge on any atom is -0.497 e. The monoisotopic (exact) mass is 259 g/mol. The van der Waals surface area contributed by atoms with Crippen molar-refractivity contribution in [1.29, 1.82) is 0 Å². The molecular formula is C13H19F2NO2. The third-order valence-corrected chi connectivity index (χ3v) is 2.35. The standard InChI is InChI=1S/C13H19F2NO2/c1-9(2)7-16-8-10-6-11(17-3)4-5-12(10)18-13(14)15/h4-6,9,13,16H,7-8H2,1-3H3. The lowest BCUT2D eigenvalue weighted by atomic mass is 10.1. The Kier molecular flexibility index (Phi) is 5.85. The van der Waals surface area contributed by atoms with Gasteiger partial charge in [0, 0.05) is 12.1 Å². The Hall–Kier alpha value is -1.36. The first-order valence-electron chi connectivity index (χ1n) is 5.85. The van der Waals surface area contributed by atoms with E-state index in [1.165, 1.54) is 13.2 Å². The molecule has 0 amide bonds. The van der Waals surface area contributed by atoms with Crippen molar-refractivity contribution in [1.82, 2.24) is 5.32 Å². The molecule has 1 aromatic rings. The molecule has 1 N–H and O–H groups in total. The van der Waals surface area contributed by atoms with E-state index in [9.17, 15) is 8.78 Å². The first-order valence-corrected chi connectivity index (χ1v) is 5.85. The molecule has 1 rings (SSSR count). The maximum Gasteiger partial charge on any atom is 0.387 e. The Bertz CT molecular complexity index is 370. The van der Waals surface area contributed by atoms with Gasteiger partial charge in [-0.3, -0.25) is 0 Å². The number of alkyl halides is 2. The van der Waals surface area contributed by atoms with Crippen LogP contribution in [0.15, 0.2) is 18.2 Å². The van der Waals surface area contributed by atoms with Crippen LogP contribution >= 0.6 is 0 Å². The Morgan fingerprint density at radius 2 is 2.00 bits per heavy atom. The molecule has 0 fully saturated rings. The minimum absolute atomic E-state index is 0.182. The zero-order valence-electron chi connectivity index (χ0n) is 10.9. The van der Waals surface area contributed by atoms with E-state index in [4.69, 9.17) is 4.74 Å². The smallest absolute Gasteiger partial charge is 0.387 e. The van der Waals surface area contributed by atoms with Gasteiger partial charge in [-0.2, -0.15) is 8.78 Å². The van der Waals surface area contributed by atoms with Gasteiger partial charge in [-0.25, -0.2) is 0 Å². The van der Waals surface area contributed by atoms with Crippen molar-refractivity contribution in [2.45, 2.75) is 27.0 Å². The van der Waals surface area contributed by atoms with Crippen molar-refractivity contribution in [3.8, 4) is 11.5 Å². The number of ether oxygens (including phenoxy) is 2. The average Bonchev–Trinajstić information content (AvgIpc) is 2.30. The Morgan fingerprint density at radius 1 is 1.28 bits per heavy atom. The molecular weight excluding hydrogens is 240 g/mol. The topological polar surface area (TPSA) is 30.5 Å². The van der Waals surface area contributed by atoms with Crippen LogP contribution in [0.1, 0.15) is 19.4 Å². The van der Waals surface area contributed by atoms with E-state index >= 15 is 0 Å². The molecule has 0 saturated heterocycles. The second-order valence-corrected chi connectivity index (χ2v) is 4.38. The molecule has 0 radical (unpaired) electrons.